The Morgan fingerprint density at radius 2 is 1.68 bits per heavy atom. The van der Waals surface area contributed by atoms with Gasteiger partial charge in [0.1, 0.15) is 6.10 Å². The van der Waals surface area contributed by atoms with Gasteiger partial charge in [-0.3, -0.25) is 10.1 Å². The molecule has 2 aromatic rings. The molecule has 5 heteroatoms. The monoisotopic (exact) mass is 297 g/mol. The van der Waals surface area contributed by atoms with Crippen LogP contribution in [0.4, 0.5) is 5.69 Å². The summed E-state index contributed by atoms with van der Waals surface area (Å²) in [5.74, 6) is 0.0160. The average Bonchev–Trinajstić information content (AvgIpc) is 2.51. The number of esters is 1. The van der Waals surface area contributed by atoms with Crippen molar-refractivity contribution in [3.8, 4) is 0 Å². The minimum Gasteiger partial charge on any atom is -0.459 e. The van der Waals surface area contributed by atoms with E-state index in [2.05, 4.69) is 12.1 Å². The molecule has 1 saturated carbocycles. The molecule has 3 rings (SSSR count). The number of benzene rings is 2. The van der Waals surface area contributed by atoms with Crippen LogP contribution in [0.3, 0.4) is 0 Å². The zero-order chi connectivity index (χ0) is 15.5. The molecule has 112 valence electrons. The first-order valence-corrected chi connectivity index (χ1v) is 7.14. The Kier molecular flexibility index (Phi) is 3.87. The molecule has 5 nitrogen and oxygen atoms in total. The Morgan fingerprint density at radius 1 is 1.05 bits per heavy atom. The topological polar surface area (TPSA) is 69.4 Å². The van der Waals surface area contributed by atoms with Crippen LogP contribution in [-0.4, -0.2) is 17.0 Å². The summed E-state index contributed by atoms with van der Waals surface area (Å²) in [6, 6.07) is 15.6. The molecule has 0 radical (unpaired) electrons. The first-order valence-electron chi connectivity index (χ1n) is 7.14. The fourth-order valence-corrected chi connectivity index (χ4v) is 2.60. The molecule has 1 fully saturated rings. The molecule has 22 heavy (non-hydrogen) atoms. The molecule has 1 aliphatic carbocycles. The van der Waals surface area contributed by atoms with Gasteiger partial charge in [-0.05, 0) is 36.5 Å². The molecule has 0 heterocycles. The number of nitro groups is 1. The van der Waals surface area contributed by atoms with E-state index in [1.165, 1.54) is 29.8 Å². The first-order chi connectivity index (χ1) is 10.6. The summed E-state index contributed by atoms with van der Waals surface area (Å²) < 4.78 is 5.42. The average molecular weight is 297 g/mol. The summed E-state index contributed by atoms with van der Waals surface area (Å²) in [5.41, 5.74) is 1.57. The lowest BCUT2D eigenvalue weighted by atomic mass is 9.77. The summed E-state index contributed by atoms with van der Waals surface area (Å²) in [6.45, 7) is 0. The Hall–Kier alpha value is -2.69. The lowest BCUT2D eigenvalue weighted by molar-refractivity contribution is -0.384. The number of non-ortho nitro benzene ring substituents is 1. The van der Waals surface area contributed by atoms with Crippen molar-refractivity contribution in [3.63, 3.8) is 0 Å². The summed E-state index contributed by atoms with van der Waals surface area (Å²) >= 11 is 0. The third-order valence-corrected chi connectivity index (χ3v) is 3.95. The van der Waals surface area contributed by atoms with Crippen LogP contribution in [0.1, 0.15) is 34.7 Å². The van der Waals surface area contributed by atoms with E-state index in [9.17, 15) is 14.9 Å². The van der Waals surface area contributed by atoms with Crippen LogP contribution >= 0.6 is 0 Å². The molecule has 0 N–H and O–H groups in total. The van der Waals surface area contributed by atoms with Gasteiger partial charge in [-0.25, -0.2) is 4.79 Å². The van der Waals surface area contributed by atoms with Gasteiger partial charge in [0, 0.05) is 12.1 Å². The van der Waals surface area contributed by atoms with E-state index in [1.54, 1.807) is 0 Å². The molecular weight excluding hydrogens is 282 g/mol. The fourth-order valence-electron chi connectivity index (χ4n) is 2.60. The van der Waals surface area contributed by atoms with E-state index in [4.69, 9.17) is 4.74 Å². The Labute approximate surface area is 127 Å². The highest BCUT2D eigenvalue weighted by molar-refractivity contribution is 5.89. The van der Waals surface area contributed by atoms with Gasteiger partial charge in [0.15, 0.2) is 0 Å². The van der Waals surface area contributed by atoms with E-state index >= 15 is 0 Å². The maximum atomic E-state index is 12.0. The van der Waals surface area contributed by atoms with Crippen molar-refractivity contribution in [2.45, 2.75) is 24.9 Å². The quantitative estimate of drug-likeness (QED) is 0.490. The molecule has 0 unspecified atom stereocenters. The highest BCUT2D eigenvalue weighted by Crippen LogP contribution is 2.38. The van der Waals surface area contributed by atoms with Crippen LogP contribution in [-0.2, 0) is 4.74 Å². The first kappa shape index (κ1) is 14.3. The summed E-state index contributed by atoms with van der Waals surface area (Å²) in [6.07, 6.45) is 1.57. The van der Waals surface area contributed by atoms with Crippen LogP contribution in [0.2, 0.25) is 0 Å². The molecule has 0 saturated heterocycles. The molecular formula is C17H15NO4. The summed E-state index contributed by atoms with van der Waals surface area (Å²) in [4.78, 5) is 22.1. The molecule has 1 aliphatic rings. The minimum atomic E-state index is -0.495. The zero-order valence-corrected chi connectivity index (χ0v) is 11.8. The van der Waals surface area contributed by atoms with Crippen LogP contribution in [0, 0.1) is 10.1 Å². The Morgan fingerprint density at radius 3 is 2.27 bits per heavy atom. The number of hydrogen-bond donors (Lipinski definition) is 0. The van der Waals surface area contributed by atoms with Gasteiger partial charge >= 0.3 is 5.97 Å². The molecule has 0 amide bonds. The van der Waals surface area contributed by atoms with Crippen molar-refractivity contribution >= 4 is 11.7 Å². The van der Waals surface area contributed by atoms with Crippen molar-refractivity contribution in [1.29, 1.82) is 0 Å². The van der Waals surface area contributed by atoms with Crippen molar-refractivity contribution in [2.24, 2.45) is 0 Å². The smallest absolute Gasteiger partial charge is 0.338 e. The Bertz CT molecular complexity index is 676. The fraction of sp³-hybridized carbons (Fsp3) is 0.235. The van der Waals surface area contributed by atoms with Crippen molar-refractivity contribution < 1.29 is 14.5 Å². The predicted molar refractivity (Wildman–Crippen MR) is 80.7 cm³/mol. The molecule has 0 aliphatic heterocycles. The second-order valence-corrected chi connectivity index (χ2v) is 5.41. The van der Waals surface area contributed by atoms with Gasteiger partial charge in [0.05, 0.1) is 10.5 Å². The lowest BCUT2D eigenvalue weighted by Crippen LogP contribution is -2.31. The molecule has 0 bridgehead atoms. The number of ether oxygens (including phenoxy) is 1. The van der Waals surface area contributed by atoms with Crippen molar-refractivity contribution in [3.05, 3.63) is 75.8 Å². The third kappa shape index (κ3) is 2.98. The minimum absolute atomic E-state index is 0.0377. The van der Waals surface area contributed by atoms with Crippen LogP contribution in [0.15, 0.2) is 54.6 Å². The normalized spacial score (nSPS) is 20.0. The molecule has 0 aromatic heterocycles. The van der Waals surface area contributed by atoms with Gasteiger partial charge in [-0.2, -0.15) is 0 Å². The number of carbonyl (C=O) groups excluding carboxylic acids is 1. The standard InChI is InChI=1S/C17H15NO4/c19-17(13-6-8-15(9-7-13)18(20)21)22-16-10-14(11-16)12-4-2-1-3-5-12/h1-9,14,16H,10-11H2/t14-,16-. The highest BCUT2D eigenvalue weighted by Gasteiger charge is 2.33. The maximum Gasteiger partial charge on any atom is 0.338 e. The largest absolute Gasteiger partial charge is 0.459 e. The van der Waals surface area contributed by atoms with Crippen molar-refractivity contribution in [1.82, 2.24) is 0 Å². The van der Waals surface area contributed by atoms with Gasteiger partial charge < -0.3 is 4.74 Å². The van der Waals surface area contributed by atoms with Crippen LogP contribution in [0.25, 0.3) is 0 Å². The summed E-state index contributed by atoms with van der Waals surface area (Å²) in [7, 11) is 0. The zero-order valence-electron chi connectivity index (χ0n) is 11.8. The maximum absolute atomic E-state index is 12.0. The van der Waals surface area contributed by atoms with Gasteiger partial charge in [-0.1, -0.05) is 30.3 Å². The van der Waals surface area contributed by atoms with E-state index in [0.717, 1.165) is 12.8 Å². The van der Waals surface area contributed by atoms with E-state index in [-0.39, 0.29) is 11.8 Å². The number of hydrogen-bond acceptors (Lipinski definition) is 4. The number of carbonyl (C=O) groups is 1. The number of nitro benzene ring substituents is 1. The number of rotatable bonds is 4. The van der Waals surface area contributed by atoms with Gasteiger partial charge in [-0.15, -0.1) is 0 Å². The lowest BCUT2D eigenvalue weighted by Gasteiger charge is -2.35. The van der Waals surface area contributed by atoms with E-state index in [1.807, 2.05) is 18.2 Å². The molecule has 0 spiro atoms. The van der Waals surface area contributed by atoms with E-state index < -0.39 is 10.9 Å². The van der Waals surface area contributed by atoms with Crippen molar-refractivity contribution in [2.75, 3.05) is 0 Å². The third-order valence-electron chi connectivity index (χ3n) is 3.95. The SMILES string of the molecule is O=C(O[C@H]1C[C@H](c2ccccc2)C1)c1ccc([N+](=O)[O-])cc1. The van der Waals surface area contributed by atoms with Crippen LogP contribution in [0.5, 0.6) is 0 Å². The van der Waals surface area contributed by atoms with E-state index in [0.29, 0.717) is 11.5 Å². The van der Waals surface area contributed by atoms with Gasteiger partial charge in [0.25, 0.3) is 5.69 Å². The Balaban J connectivity index is 1.54. The highest BCUT2D eigenvalue weighted by atomic mass is 16.6. The van der Waals surface area contributed by atoms with Gasteiger partial charge in [0.2, 0.25) is 0 Å². The predicted octanol–water partition coefficient (Wildman–Crippen LogP) is 3.70. The molecule has 2 aromatic carbocycles. The number of nitrogens with zero attached hydrogens (tertiary/aromatic N) is 1. The van der Waals surface area contributed by atoms with Crippen LogP contribution < -0.4 is 0 Å². The second kappa shape index (κ2) is 5.97. The summed E-state index contributed by atoms with van der Waals surface area (Å²) in [5, 5.41) is 10.6. The molecule has 0 atom stereocenters. The second-order valence-electron chi connectivity index (χ2n) is 5.41.